The molecule has 0 aromatic carbocycles. The number of rotatable bonds is 7. The summed E-state index contributed by atoms with van der Waals surface area (Å²) in [6.45, 7) is 0. The number of alkyl halides is 16. The molecular formula is C9H4ClF15O. The Bertz CT molecular complexity index is 510. The fourth-order valence-corrected chi connectivity index (χ4v) is 1.48. The highest BCUT2D eigenvalue weighted by molar-refractivity contribution is 6.22. The van der Waals surface area contributed by atoms with Gasteiger partial charge in [0.05, 0.1) is 0 Å². The third kappa shape index (κ3) is 3.26. The molecule has 0 aromatic heterocycles. The van der Waals surface area contributed by atoms with Gasteiger partial charge in [-0.2, -0.15) is 65.9 Å². The van der Waals surface area contributed by atoms with Crippen LogP contribution in [0.2, 0.25) is 0 Å². The first-order valence-corrected chi connectivity index (χ1v) is 5.93. The molecule has 0 radical (unpaired) electrons. The maximum Gasteiger partial charge on any atom is 0.460 e. The summed E-state index contributed by atoms with van der Waals surface area (Å²) in [7, 11) is -0.172. The molecule has 0 aliphatic heterocycles. The molecule has 0 N–H and O–H groups in total. The van der Waals surface area contributed by atoms with Crippen molar-refractivity contribution < 1.29 is 70.6 Å². The number of hydrogen-bond acceptors (Lipinski definition) is 1. The molecule has 0 amide bonds. The second-order valence-corrected chi connectivity index (χ2v) is 4.98. The van der Waals surface area contributed by atoms with E-state index in [0.29, 0.717) is 0 Å². The van der Waals surface area contributed by atoms with Crippen molar-refractivity contribution in [2.24, 2.45) is 0 Å². The molecule has 0 aliphatic rings. The van der Waals surface area contributed by atoms with Crippen LogP contribution in [0.15, 0.2) is 0 Å². The van der Waals surface area contributed by atoms with Gasteiger partial charge in [0.2, 0.25) is 0 Å². The van der Waals surface area contributed by atoms with Crippen molar-refractivity contribution in [2.75, 3.05) is 7.11 Å². The Kier molecular flexibility index (Phi) is 6.18. The zero-order valence-corrected chi connectivity index (χ0v) is 12.3. The van der Waals surface area contributed by atoms with E-state index in [1.54, 1.807) is 0 Å². The number of hydrogen-bond donors (Lipinski definition) is 0. The summed E-state index contributed by atoms with van der Waals surface area (Å²) in [4.78, 5) is 0. The second kappa shape index (κ2) is 6.38. The Morgan fingerprint density at radius 2 is 0.885 bits per heavy atom. The zero-order chi connectivity index (χ0) is 21.8. The van der Waals surface area contributed by atoms with Crippen LogP contribution in [0.3, 0.4) is 0 Å². The minimum absolute atomic E-state index is 0.172. The second-order valence-electron chi connectivity index (χ2n) is 4.55. The minimum atomic E-state index is -8.19. The molecule has 0 bridgehead atoms. The van der Waals surface area contributed by atoms with Crippen molar-refractivity contribution in [1.29, 1.82) is 0 Å². The maximum absolute atomic E-state index is 13.2. The monoisotopic (exact) mass is 448 g/mol. The average Bonchev–Trinajstić information content (AvgIpc) is 2.44. The zero-order valence-electron chi connectivity index (χ0n) is 11.5. The Hall–Kier alpha value is -0.800. The lowest BCUT2D eigenvalue weighted by atomic mass is 9.92. The van der Waals surface area contributed by atoms with Gasteiger partial charge in [-0.3, -0.25) is 0 Å². The molecule has 26 heavy (non-hydrogen) atoms. The van der Waals surface area contributed by atoms with Crippen LogP contribution in [-0.4, -0.2) is 54.4 Å². The Morgan fingerprint density at radius 1 is 0.577 bits per heavy atom. The van der Waals surface area contributed by atoms with E-state index in [4.69, 9.17) is 0 Å². The molecule has 1 nitrogen and oxygen atoms in total. The van der Waals surface area contributed by atoms with Crippen LogP contribution >= 0.6 is 11.6 Å². The third-order valence-corrected chi connectivity index (χ3v) is 3.37. The van der Waals surface area contributed by atoms with Crippen molar-refractivity contribution in [3.05, 3.63) is 0 Å². The van der Waals surface area contributed by atoms with Gasteiger partial charge in [-0.25, -0.2) is 0 Å². The molecular weight excluding hydrogens is 445 g/mol. The van der Waals surface area contributed by atoms with E-state index in [1.807, 2.05) is 0 Å². The van der Waals surface area contributed by atoms with E-state index >= 15 is 0 Å². The van der Waals surface area contributed by atoms with Gasteiger partial charge < -0.3 is 4.74 Å². The van der Waals surface area contributed by atoms with Crippen LogP contribution in [-0.2, 0) is 4.74 Å². The lowest BCUT2D eigenvalue weighted by Gasteiger charge is -2.41. The van der Waals surface area contributed by atoms with Crippen LogP contribution in [0, 0.1) is 0 Å². The Labute approximate surface area is 138 Å². The number of ether oxygens (including phenoxy) is 1. The van der Waals surface area contributed by atoms with Gasteiger partial charge >= 0.3 is 41.9 Å². The van der Waals surface area contributed by atoms with Gasteiger partial charge in [-0.05, 0) is 0 Å². The predicted molar refractivity (Wildman–Crippen MR) is 52.4 cm³/mol. The summed E-state index contributed by atoms with van der Waals surface area (Å²) < 4.78 is 193. The molecule has 0 saturated carbocycles. The number of halogens is 16. The van der Waals surface area contributed by atoms with Gasteiger partial charge in [0.25, 0.3) is 0 Å². The summed E-state index contributed by atoms with van der Waals surface area (Å²) in [6, 6.07) is 0. The fourth-order valence-electron chi connectivity index (χ4n) is 1.26. The van der Waals surface area contributed by atoms with E-state index in [0.717, 1.165) is 0 Å². The predicted octanol–water partition coefficient (Wildman–Crippen LogP) is 5.57. The summed E-state index contributed by atoms with van der Waals surface area (Å²) >= 11 is 4.12. The Balaban J connectivity index is 6.42. The smallest absolute Gasteiger partial charge is 0.322 e. The molecule has 1 atom stereocenters. The maximum atomic E-state index is 13.2. The van der Waals surface area contributed by atoms with Crippen LogP contribution in [0.5, 0.6) is 0 Å². The first-order chi connectivity index (χ1) is 11.0. The lowest BCUT2D eigenvalue weighted by Crippen LogP contribution is -2.72. The van der Waals surface area contributed by atoms with Crippen LogP contribution in [0.1, 0.15) is 0 Å². The quantitative estimate of drug-likeness (QED) is 0.365. The third-order valence-electron chi connectivity index (χ3n) is 2.84. The first-order valence-electron chi connectivity index (χ1n) is 5.49. The molecule has 0 spiro atoms. The molecule has 1 unspecified atom stereocenters. The lowest BCUT2D eigenvalue weighted by molar-refractivity contribution is -0.443. The topological polar surface area (TPSA) is 9.23 Å². The van der Waals surface area contributed by atoms with E-state index < -0.39 is 47.3 Å². The van der Waals surface area contributed by atoms with Gasteiger partial charge in [-0.15, -0.1) is 11.6 Å². The normalized spacial score (nSPS) is 17.4. The highest BCUT2D eigenvalue weighted by Gasteiger charge is 2.92. The molecule has 0 saturated heterocycles. The van der Waals surface area contributed by atoms with Gasteiger partial charge in [0.1, 0.15) is 0 Å². The molecule has 158 valence electrons. The molecule has 0 aliphatic carbocycles. The van der Waals surface area contributed by atoms with E-state index in [1.165, 1.54) is 0 Å². The highest BCUT2D eigenvalue weighted by atomic mass is 35.5. The number of methoxy groups -OCH3 is 1. The van der Waals surface area contributed by atoms with E-state index in [9.17, 15) is 65.9 Å². The van der Waals surface area contributed by atoms with Crippen LogP contribution in [0.25, 0.3) is 0 Å². The van der Waals surface area contributed by atoms with Gasteiger partial charge in [-0.1, -0.05) is 0 Å². The van der Waals surface area contributed by atoms with Gasteiger partial charge in [0.15, 0.2) is 5.38 Å². The van der Waals surface area contributed by atoms with Crippen molar-refractivity contribution in [2.45, 2.75) is 47.3 Å². The average molecular weight is 449 g/mol. The van der Waals surface area contributed by atoms with Gasteiger partial charge in [0, 0.05) is 7.11 Å². The first kappa shape index (κ1) is 25.2. The SMILES string of the molecule is COC(F)(F)C(Cl)C(F)(F)C(F)(F)C(F)(F)C(F)(F)C(F)(F)C(F)(F)F. The molecule has 0 aromatic rings. The summed E-state index contributed by atoms with van der Waals surface area (Å²) in [5, 5.41) is -4.86. The summed E-state index contributed by atoms with van der Waals surface area (Å²) in [5.41, 5.74) is 0. The van der Waals surface area contributed by atoms with Crippen molar-refractivity contribution in [3.63, 3.8) is 0 Å². The minimum Gasteiger partial charge on any atom is -0.322 e. The van der Waals surface area contributed by atoms with Crippen molar-refractivity contribution in [3.8, 4) is 0 Å². The van der Waals surface area contributed by atoms with E-state index in [2.05, 4.69) is 16.3 Å². The highest BCUT2D eigenvalue weighted by Crippen LogP contribution is 2.61. The molecule has 0 fully saturated rings. The Morgan fingerprint density at radius 3 is 1.15 bits per heavy atom. The molecule has 0 heterocycles. The summed E-state index contributed by atoms with van der Waals surface area (Å²) in [6.07, 6.45) is -13.2. The van der Waals surface area contributed by atoms with Crippen molar-refractivity contribution in [1.82, 2.24) is 0 Å². The summed E-state index contributed by atoms with van der Waals surface area (Å²) in [5.74, 6) is -39.4. The van der Waals surface area contributed by atoms with E-state index in [-0.39, 0.29) is 7.11 Å². The van der Waals surface area contributed by atoms with Crippen LogP contribution < -0.4 is 0 Å². The largest absolute Gasteiger partial charge is 0.460 e. The fraction of sp³-hybridized carbons (Fsp3) is 1.00. The van der Waals surface area contributed by atoms with Crippen molar-refractivity contribution >= 4 is 11.6 Å². The standard InChI is InChI=1S/C9H4ClF15O/c1-26-4(13,14)2(10)3(11,12)5(15,16)6(17,18)7(19,20)8(21,22)9(23,24)25/h2H,1H3. The molecule has 17 heteroatoms. The van der Waals surface area contributed by atoms with Crippen LogP contribution in [0.4, 0.5) is 65.9 Å². The molecule has 0 rings (SSSR count).